The second kappa shape index (κ2) is 10.2. The number of carbonyl (C=O) groups excluding carboxylic acids is 1. The molecule has 0 spiro atoms. The Morgan fingerprint density at radius 1 is 1.42 bits per heavy atom. The summed E-state index contributed by atoms with van der Waals surface area (Å²) in [5, 5.41) is 7.69. The fourth-order valence-electron chi connectivity index (χ4n) is 3.30. The summed E-state index contributed by atoms with van der Waals surface area (Å²) in [4.78, 5) is 24.4. The van der Waals surface area contributed by atoms with E-state index in [1.165, 1.54) is 18.5 Å². The SMILES string of the molecule is CCCCS(=O)(=O)Nc1ccc(F)c(C(=O)c2c[nH]c3ncc(C(C=N)C=NC)cc23)c1Cl. The van der Waals surface area contributed by atoms with Crippen LogP contribution >= 0.6 is 11.6 Å². The number of ketones is 1. The minimum absolute atomic E-state index is 0.0702. The number of aromatic amines is 1. The molecule has 0 aliphatic rings. The van der Waals surface area contributed by atoms with Gasteiger partial charge in [0, 0.05) is 42.8 Å². The average molecular weight is 492 g/mol. The van der Waals surface area contributed by atoms with Crippen LogP contribution < -0.4 is 4.72 Å². The van der Waals surface area contributed by atoms with E-state index in [-0.39, 0.29) is 22.0 Å². The maximum absolute atomic E-state index is 14.7. The van der Waals surface area contributed by atoms with E-state index in [1.54, 1.807) is 25.5 Å². The molecule has 1 aromatic carbocycles. The van der Waals surface area contributed by atoms with Crippen LogP contribution in [-0.2, 0) is 10.0 Å². The maximum atomic E-state index is 14.7. The summed E-state index contributed by atoms with van der Waals surface area (Å²) < 4.78 is 41.6. The van der Waals surface area contributed by atoms with Gasteiger partial charge in [-0.15, -0.1) is 0 Å². The number of carbonyl (C=O) groups is 1. The Morgan fingerprint density at radius 3 is 2.85 bits per heavy atom. The fraction of sp³-hybridized carbons (Fsp3) is 0.273. The van der Waals surface area contributed by atoms with Gasteiger partial charge >= 0.3 is 0 Å². The first-order valence-corrected chi connectivity index (χ1v) is 12.2. The third-order valence-corrected chi connectivity index (χ3v) is 6.77. The van der Waals surface area contributed by atoms with Gasteiger partial charge in [-0.1, -0.05) is 24.9 Å². The van der Waals surface area contributed by atoms with Gasteiger partial charge in [0.15, 0.2) is 5.78 Å². The minimum atomic E-state index is -3.70. The van der Waals surface area contributed by atoms with Crippen LogP contribution in [0.5, 0.6) is 0 Å². The van der Waals surface area contributed by atoms with Crippen LogP contribution in [-0.4, -0.2) is 49.4 Å². The molecule has 0 radical (unpaired) electrons. The molecule has 3 aromatic rings. The number of nitrogens with zero attached hydrogens (tertiary/aromatic N) is 2. The van der Waals surface area contributed by atoms with Gasteiger partial charge in [-0.25, -0.2) is 17.8 Å². The van der Waals surface area contributed by atoms with Gasteiger partial charge in [-0.05, 0) is 30.2 Å². The van der Waals surface area contributed by atoms with Gasteiger partial charge in [-0.3, -0.25) is 14.5 Å². The van der Waals surface area contributed by atoms with Gasteiger partial charge in [0.05, 0.1) is 27.9 Å². The molecule has 0 saturated carbocycles. The maximum Gasteiger partial charge on any atom is 0.232 e. The molecule has 174 valence electrons. The van der Waals surface area contributed by atoms with Crippen molar-refractivity contribution < 1.29 is 17.6 Å². The molecule has 3 rings (SSSR count). The number of aliphatic imine (C=N–C) groups is 1. The van der Waals surface area contributed by atoms with Crippen LogP contribution in [0.1, 0.15) is 47.2 Å². The molecule has 3 N–H and O–H groups in total. The molecule has 0 fully saturated rings. The monoisotopic (exact) mass is 491 g/mol. The molecule has 0 aliphatic carbocycles. The standard InChI is InChI=1S/C22H23ClFN5O3S/c1-3-4-7-33(31,32)29-18-6-5-17(24)19(20(18)23)21(30)16-12-28-22-15(16)8-13(11-27-22)14(9-25)10-26-2/h5-6,8-12,14,25,29H,3-4,7H2,1-2H3,(H,27,28). The van der Waals surface area contributed by atoms with E-state index in [1.807, 2.05) is 6.92 Å². The van der Waals surface area contributed by atoms with Crippen molar-refractivity contribution in [3.05, 3.63) is 58.1 Å². The van der Waals surface area contributed by atoms with Crippen LogP contribution in [0.3, 0.4) is 0 Å². The molecule has 33 heavy (non-hydrogen) atoms. The van der Waals surface area contributed by atoms with E-state index < -0.39 is 33.1 Å². The lowest BCUT2D eigenvalue weighted by atomic mass is 9.98. The van der Waals surface area contributed by atoms with Gasteiger partial charge < -0.3 is 10.4 Å². The zero-order chi connectivity index (χ0) is 24.2. The molecular weight excluding hydrogens is 469 g/mol. The number of unbranched alkanes of at least 4 members (excludes halogenated alkanes) is 1. The molecule has 2 aromatic heterocycles. The molecule has 11 heteroatoms. The quantitative estimate of drug-likeness (QED) is 0.283. The number of halogens is 2. The van der Waals surface area contributed by atoms with Crippen LogP contribution in [0.15, 0.2) is 35.6 Å². The first-order chi connectivity index (χ1) is 15.7. The smallest absolute Gasteiger partial charge is 0.232 e. The first kappa shape index (κ1) is 24.5. The number of hydrogen-bond donors (Lipinski definition) is 3. The lowest BCUT2D eigenvalue weighted by molar-refractivity contribution is 0.103. The van der Waals surface area contributed by atoms with Crippen molar-refractivity contribution in [2.75, 3.05) is 17.5 Å². The molecule has 0 amide bonds. The Bertz CT molecular complexity index is 1340. The number of fused-ring (bicyclic) bond motifs is 1. The van der Waals surface area contributed by atoms with Gasteiger partial charge in [0.2, 0.25) is 10.0 Å². The Morgan fingerprint density at radius 2 is 2.18 bits per heavy atom. The zero-order valence-electron chi connectivity index (χ0n) is 18.0. The van der Waals surface area contributed by atoms with Gasteiger partial charge in [0.1, 0.15) is 11.5 Å². The van der Waals surface area contributed by atoms with Gasteiger partial charge in [-0.2, -0.15) is 0 Å². The third-order valence-electron chi connectivity index (χ3n) is 5.02. The van der Waals surface area contributed by atoms with Crippen molar-refractivity contribution in [1.82, 2.24) is 9.97 Å². The molecule has 0 bridgehead atoms. The average Bonchev–Trinajstić information content (AvgIpc) is 3.21. The number of nitrogens with one attached hydrogen (secondary N) is 3. The molecular formula is C22H23ClFN5O3S. The van der Waals surface area contributed by atoms with E-state index in [9.17, 15) is 17.6 Å². The molecule has 1 unspecified atom stereocenters. The van der Waals surface area contributed by atoms with E-state index in [0.29, 0.717) is 29.4 Å². The molecule has 2 heterocycles. The Balaban J connectivity index is 2.05. The minimum Gasteiger partial charge on any atom is -0.345 e. The van der Waals surface area contributed by atoms with E-state index in [2.05, 4.69) is 19.7 Å². The van der Waals surface area contributed by atoms with Crippen LogP contribution in [0, 0.1) is 11.2 Å². The number of hydrogen-bond acceptors (Lipinski definition) is 6. The first-order valence-electron chi connectivity index (χ1n) is 10.2. The van der Waals surface area contributed by atoms with Crippen molar-refractivity contribution in [2.24, 2.45) is 4.99 Å². The Labute approximate surface area is 195 Å². The summed E-state index contributed by atoms with van der Waals surface area (Å²) >= 11 is 6.30. The summed E-state index contributed by atoms with van der Waals surface area (Å²) in [5.41, 5.74) is 0.618. The second-order valence-electron chi connectivity index (χ2n) is 7.35. The summed E-state index contributed by atoms with van der Waals surface area (Å²) in [6.45, 7) is 1.86. The molecule has 1 atom stereocenters. The summed E-state index contributed by atoms with van der Waals surface area (Å²) in [6, 6.07) is 3.86. The highest BCUT2D eigenvalue weighted by molar-refractivity contribution is 7.92. The predicted molar refractivity (Wildman–Crippen MR) is 129 cm³/mol. The Hall–Kier alpha value is -3.11. The number of rotatable bonds is 10. The fourth-order valence-corrected chi connectivity index (χ4v) is 4.92. The van der Waals surface area contributed by atoms with Crippen molar-refractivity contribution in [2.45, 2.75) is 25.7 Å². The van der Waals surface area contributed by atoms with Crippen molar-refractivity contribution in [1.29, 1.82) is 5.41 Å². The largest absolute Gasteiger partial charge is 0.345 e. The summed E-state index contributed by atoms with van der Waals surface area (Å²) in [6.07, 6.45) is 6.84. The normalized spacial score (nSPS) is 12.8. The highest BCUT2D eigenvalue weighted by atomic mass is 35.5. The van der Waals surface area contributed by atoms with Crippen LogP contribution in [0.25, 0.3) is 11.0 Å². The lowest BCUT2D eigenvalue weighted by Crippen LogP contribution is -2.18. The Kier molecular flexibility index (Phi) is 7.60. The molecule has 0 aliphatic heterocycles. The topological polar surface area (TPSA) is 128 Å². The van der Waals surface area contributed by atoms with Crippen molar-refractivity contribution >= 4 is 56.6 Å². The highest BCUT2D eigenvalue weighted by Crippen LogP contribution is 2.33. The molecule has 0 saturated heterocycles. The number of anilines is 1. The van der Waals surface area contributed by atoms with E-state index >= 15 is 0 Å². The third kappa shape index (κ3) is 5.28. The summed E-state index contributed by atoms with van der Waals surface area (Å²) in [5.74, 6) is -2.17. The zero-order valence-corrected chi connectivity index (χ0v) is 19.6. The van der Waals surface area contributed by atoms with Gasteiger partial charge in [0.25, 0.3) is 0 Å². The second-order valence-corrected chi connectivity index (χ2v) is 9.57. The van der Waals surface area contributed by atoms with Crippen LogP contribution in [0.4, 0.5) is 10.1 Å². The highest BCUT2D eigenvalue weighted by Gasteiger charge is 2.25. The van der Waals surface area contributed by atoms with Crippen molar-refractivity contribution in [3.63, 3.8) is 0 Å². The van der Waals surface area contributed by atoms with E-state index in [4.69, 9.17) is 17.0 Å². The number of benzene rings is 1. The summed E-state index contributed by atoms with van der Waals surface area (Å²) in [7, 11) is -2.12. The number of aromatic nitrogens is 2. The number of sulfonamides is 1. The number of pyridine rings is 1. The van der Waals surface area contributed by atoms with Crippen molar-refractivity contribution in [3.8, 4) is 0 Å². The van der Waals surface area contributed by atoms with E-state index in [0.717, 1.165) is 6.07 Å². The molecule has 8 nitrogen and oxygen atoms in total. The van der Waals surface area contributed by atoms with Crippen LogP contribution in [0.2, 0.25) is 5.02 Å². The predicted octanol–water partition coefficient (Wildman–Crippen LogP) is 4.56. The lowest BCUT2D eigenvalue weighted by Gasteiger charge is -2.13. The number of H-pyrrole nitrogens is 1.